The fraction of sp³-hybridized carbons (Fsp3) is 0. The minimum absolute atomic E-state index is 0.775. The summed E-state index contributed by atoms with van der Waals surface area (Å²) < 4.78 is 4.67. The van der Waals surface area contributed by atoms with Crippen LogP contribution < -0.4 is 0 Å². The van der Waals surface area contributed by atoms with Crippen molar-refractivity contribution in [3.8, 4) is 22.8 Å². The molecule has 196 valence electrons. The number of benzene rings is 5. The Balaban J connectivity index is 1.57. The molecule has 0 atom stereocenters. The number of para-hydroxylation sites is 3. The van der Waals surface area contributed by atoms with Crippen LogP contribution in [0.15, 0.2) is 140 Å². The van der Waals surface area contributed by atoms with Crippen LogP contribution in [0.5, 0.6) is 0 Å². The van der Waals surface area contributed by atoms with E-state index in [0.717, 1.165) is 71.9 Å². The number of hydrogen-bond acceptors (Lipinski definition) is 3. The lowest BCUT2D eigenvalue weighted by Crippen LogP contribution is -2.02. The van der Waals surface area contributed by atoms with Crippen LogP contribution in [-0.4, -0.2) is 24.1 Å². The average Bonchev–Trinajstić information content (AvgIpc) is 3.60. The van der Waals surface area contributed by atoms with Crippen LogP contribution in [0.3, 0.4) is 0 Å². The molecule has 0 N–H and O–H groups in total. The van der Waals surface area contributed by atoms with E-state index >= 15 is 0 Å². The van der Waals surface area contributed by atoms with Gasteiger partial charge in [-0.3, -0.25) is 14.5 Å². The Morgan fingerprint density at radius 3 is 1.90 bits per heavy atom. The number of hydrogen-bond donors (Lipinski definition) is 0. The van der Waals surface area contributed by atoms with Gasteiger partial charge in [0.1, 0.15) is 0 Å². The maximum atomic E-state index is 5.20. The Labute approximate surface area is 241 Å². The second-order valence-corrected chi connectivity index (χ2v) is 10.5. The summed E-state index contributed by atoms with van der Waals surface area (Å²) >= 11 is 0. The first-order valence-electron chi connectivity index (χ1n) is 14.0. The quantitative estimate of drug-likeness (QED) is 0.226. The summed E-state index contributed by atoms with van der Waals surface area (Å²) in [4.78, 5) is 14.9. The predicted octanol–water partition coefficient (Wildman–Crippen LogP) is 8.89. The summed E-state index contributed by atoms with van der Waals surface area (Å²) in [7, 11) is 0. The minimum atomic E-state index is 0.775. The van der Waals surface area contributed by atoms with Crippen molar-refractivity contribution in [2.24, 2.45) is 0 Å². The highest BCUT2D eigenvalue weighted by molar-refractivity contribution is 6.35. The van der Waals surface area contributed by atoms with Crippen molar-refractivity contribution in [2.45, 2.75) is 0 Å². The second kappa shape index (κ2) is 8.85. The monoisotopic (exact) mass is 537 g/mol. The first-order valence-corrected chi connectivity index (χ1v) is 14.0. The summed E-state index contributed by atoms with van der Waals surface area (Å²) in [5, 5.41) is 5.74. The lowest BCUT2D eigenvalue weighted by atomic mass is 10.0. The van der Waals surface area contributed by atoms with Gasteiger partial charge in [-0.15, -0.1) is 0 Å². The summed E-state index contributed by atoms with van der Waals surface area (Å²) in [5.41, 5.74) is 8.37. The van der Waals surface area contributed by atoms with Gasteiger partial charge >= 0.3 is 0 Å². The third kappa shape index (κ3) is 3.16. The minimum Gasteiger partial charge on any atom is -0.307 e. The molecule has 0 saturated heterocycles. The van der Waals surface area contributed by atoms with Crippen molar-refractivity contribution in [2.75, 3.05) is 0 Å². The molecule has 9 rings (SSSR count). The average molecular weight is 538 g/mol. The molecule has 0 spiro atoms. The molecule has 42 heavy (non-hydrogen) atoms. The van der Waals surface area contributed by atoms with Crippen molar-refractivity contribution >= 4 is 54.5 Å². The Morgan fingerprint density at radius 1 is 0.500 bits per heavy atom. The lowest BCUT2D eigenvalue weighted by molar-refractivity contribution is 1.04. The van der Waals surface area contributed by atoms with Crippen LogP contribution in [-0.2, 0) is 0 Å². The van der Waals surface area contributed by atoms with E-state index in [4.69, 9.17) is 15.0 Å². The Bertz CT molecular complexity index is 2450. The highest BCUT2D eigenvalue weighted by Gasteiger charge is 2.25. The van der Waals surface area contributed by atoms with Gasteiger partial charge in [-0.2, -0.15) is 0 Å². The van der Waals surface area contributed by atoms with E-state index in [-0.39, 0.29) is 0 Å². The lowest BCUT2D eigenvalue weighted by Gasteiger charge is -2.13. The molecule has 0 unspecified atom stereocenters. The number of fused-ring (bicyclic) bond motifs is 10. The molecular weight excluding hydrogens is 514 g/mol. The smallest absolute Gasteiger partial charge is 0.156 e. The van der Waals surface area contributed by atoms with Crippen LogP contribution >= 0.6 is 0 Å². The molecule has 0 amide bonds. The molecule has 0 aliphatic carbocycles. The molecule has 4 heterocycles. The van der Waals surface area contributed by atoms with Gasteiger partial charge in [0.15, 0.2) is 5.82 Å². The Kier molecular flexibility index (Phi) is 4.83. The Morgan fingerprint density at radius 2 is 1.12 bits per heavy atom. The Hall–Kier alpha value is -5.81. The molecule has 5 heteroatoms. The van der Waals surface area contributed by atoms with Gasteiger partial charge in [-0.05, 0) is 30.3 Å². The highest BCUT2D eigenvalue weighted by atomic mass is 15.1. The van der Waals surface area contributed by atoms with E-state index in [9.17, 15) is 0 Å². The molecule has 5 aromatic carbocycles. The summed E-state index contributed by atoms with van der Waals surface area (Å²) in [6, 6.07) is 42.3. The largest absolute Gasteiger partial charge is 0.307 e. The molecular formula is C37H23N5. The van der Waals surface area contributed by atoms with E-state index in [2.05, 4.69) is 106 Å². The van der Waals surface area contributed by atoms with E-state index in [1.54, 1.807) is 0 Å². The van der Waals surface area contributed by atoms with E-state index in [1.165, 1.54) is 5.39 Å². The van der Waals surface area contributed by atoms with Gasteiger partial charge in [-0.1, -0.05) is 91.0 Å². The number of rotatable bonds is 3. The van der Waals surface area contributed by atoms with Gasteiger partial charge in [0.05, 0.1) is 45.7 Å². The molecule has 0 aliphatic rings. The van der Waals surface area contributed by atoms with Crippen LogP contribution in [0, 0.1) is 0 Å². The van der Waals surface area contributed by atoms with Crippen LogP contribution in [0.2, 0.25) is 0 Å². The van der Waals surface area contributed by atoms with Gasteiger partial charge in [0, 0.05) is 44.4 Å². The number of pyridine rings is 1. The zero-order valence-corrected chi connectivity index (χ0v) is 22.5. The van der Waals surface area contributed by atoms with Crippen LogP contribution in [0.4, 0.5) is 0 Å². The van der Waals surface area contributed by atoms with Crippen LogP contribution in [0.25, 0.3) is 77.3 Å². The standard InChI is InChI=1S/C37H23N5/c1-3-12-24(13-4-1)29-22-38-23-32(40-29)42-31-20-10-7-16-26(31)33-28-18-11-21-39-35(28)34-27-17-8-9-19-30(27)41(37(34)36(33)42)25-14-5-2-6-15-25/h1-23H. The van der Waals surface area contributed by atoms with Gasteiger partial charge in [-0.25, -0.2) is 4.98 Å². The third-order valence-electron chi connectivity index (χ3n) is 8.22. The van der Waals surface area contributed by atoms with Crippen molar-refractivity contribution < 1.29 is 0 Å². The van der Waals surface area contributed by atoms with Gasteiger partial charge in [0.2, 0.25) is 0 Å². The second-order valence-electron chi connectivity index (χ2n) is 10.5. The summed E-state index contributed by atoms with van der Waals surface area (Å²) in [6.45, 7) is 0. The summed E-state index contributed by atoms with van der Waals surface area (Å²) in [6.07, 6.45) is 5.60. The van der Waals surface area contributed by atoms with Crippen LogP contribution in [0.1, 0.15) is 0 Å². The van der Waals surface area contributed by atoms with E-state index in [0.29, 0.717) is 0 Å². The number of aromatic nitrogens is 5. The number of nitrogens with zero attached hydrogens (tertiary/aromatic N) is 5. The van der Waals surface area contributed by atoms with Gasteiger partial charge in [0.25, 0.3) is 0 Å². The molecule has 0 fully saturated rings. The fourth-order valence-electron chi connectivity index (χ4n) is 6.54. The zero-order valence-electron chi connectivity index (χ0n) is 22.5. The highest BCUT2D eigenvalue weighted by Crippen LogP contribution is 2.45. The molecule has 5 nitrogen and oxygen atoms in total. The predicted molar refractivity (Wildman–Crippen MR) is 171 cm³/mol. The van der Waals surface area contributed by atoms with Crippen molar-refractivity contribution in [1.29, 1.82) is 0 Å². The molecule has 0 bridgehead atoms. The first kappa shape index (κ1) is 22.9. The van der Waals surface area contributed by atoms with E-state index < -0.39 is 0 Å². The first-order chi connectivity index (χ1) is 20.9. The molecule has 4 aromatic heterocycles. The molecule has 9 aromatic rings. The fourth-order valence-corrected chi connectivity index (χ4v) is 6.54. The van der Waals surface area contributed by atoms with Crippen molar-refractivity contribution in [3.05, 3.63) is 140 Å². The SMILES string of the molecule is c1ccc(-c2cncc(-n3c4ccccc4c4c5cccnc5c5c6ccccc6n(-c6ccccc6)c5c43)n2)cc1. The van der Waals surface area contributed by atoms with Crippen molar-refractivity contribution in [1.82, 2.24) is 24.1 Å². The van der Waals surface area contributed by atoms with Gasteiger partial charge < -0.3 is 4.57 Å². The summed E-state index contributed by atoms with van der Waals surface area (Å²) in [5.74, 6) is 0.775. The normalized spacial score (nSPS) is 11.8. The maximum absolute atomic E-state index is 5.20. The maximum Gasteiger partial charge on any atom is 0.156 e. The van der Waals surface area contributed by atoms with E-state index in [1.807, 2.05) is 42.9 Å². The molecule has 0 aliphatic heterocycles. The topological polar surface area (TPSA) is 48.5 Å². The molecule has 0 saturated carbocycles. The molecule has 0 radical (unpaired) electrons. The zero-order chi connectivity index (χ0) is 27.6. The van der Waals surface area contributed by atoms with Crippen molar-refractivity contribution in [3.63, 3.8) is 0 Å². The third-order valence-corrected chi connectivity index (χ3v) is 8.22.